The number of rotatable bonds is 5. The monoisotopic (exact) mass is 348 g/mol. The molecule has 0 atom stereocenters. The minimum absolute atomic E-state index is 0.281. The number of ether oxygens (including phenoxy) is 1. The van der Waals surface area contributed by atoms with Crippen LogP contribution in [-0.4, -0.2) is 23.0 Å². The summed E-state index contributed by atoms with van der Waals surface area (Å²) in [5.41, 5.74) is 4.21. The quantitative estimate of drug-likeness (QED) is 0.726. The molecule has 2 N–H and O–H groups in total. The molecule has 0 saturated heterocycles. The van der Waals surface area contributed by atoms with Crippen molar-refractivity contribution in [2.45, 2.75) is 13.8 Å². The van der Waals surface area contributed by atoms with E-state index in [1.54, 1.807) is 37.4 Å². The molecular weight excluding hydrogens is 328 g/mol. The van der Waals surface area contributed by atoms with Gasteiger partial charge in [-0.1, -0.05) is 12.1 Å². The van der Waals surface area contributed by atoms with E-state index in [9.17, 15) is 4.79 Å². The van der Waals surface area contributed by atoms with Crippen molar-refractivity contribution in [3.63, 3.8) is 0 Å². The lowest BCUT2D eigenvalue weighted by Gasteiger charge is -2.11. The molecule has 0 bridgehead atoms. The van der Waals surface area contributed by atoms with Crippen LogP contribution >= 0.6 is 0 Å². The number of anilines is 3. The fourth-order valence-electron chi connectivity index (χ4n) is 2.44. The first-order valence-corrected chi connectivity index (χ1v) is 8.17. The second kappa shape index (κ2) is 7.65. The van der Waals surface area contributed by atoms with E-state index in [-0.39, 0.29) is 11.6 Å². The van der Waals surface area contributed by atoms with E-state index in [1.807, 2.05) is 32.0 Å². The average Bonchev–Trinajstić information content (AvgIpc) is 2.66. The minimum Gasteiger partial charge on any atom is -0.497 e. The number of amides is 1. The number of hydrogen-bond acceptors (Lipinski definition) is 5. The van der Waals surface area contributed by atoms with Crippen molar-refractivity contribution in [2.75, 3.05) is 17.7 Å². The normalized spacial score (nSPS) is 10.3. The van der Waals surface area contributed by atoms with Crippen molar-refractivity contribution in [2.24, 2.45) is 0 Å². The molecule has 2 aromatic carbocycles. The third-order valence-corrected chi connectivity index (χ3v) is 4.11. The first-order valence-electron chi connectivity index (χ1n) is 8.17. The van der Waals surface area contributed by atoms with Crippen molar-refractivity contribution < 1.29 is 9.53 Å². The Morgan fingerprint density at radius 3 is 2.54 bits per heavy atom. The third-order valence-electron chi connectivity index (χ3n) is 4.11. The van der Waals surface area contributed by atoms with Gasteiger partial charge in [0.1, 0.15) is 23.6 Å². The van der Waals surface area contributed by atoms with Crippen molar-refractivity contribution in [1.82, 2.24) is 9.97 Å². The van der Waals surface area contributed by atoms with Crippen LogP contribution in [0.3, 0.4) is 0 Å². The summed E-state index contributed by atoms with van der Waals surface area (Å²) in [5, 5.41) is 6.05. The molecule has 0 aliphatic carbocycles. The smallest absolute Gasteiger partial charge is 0.274 e. The maximum absolute atomic E-state index is 12.4. The van der Waals surface area contributed by atoms with Crippen LogP contribution in [0.4, 0.5) is 17.2 Å². The maximum Gasteiger partial charge on any atom is 0.274 e. The molecule has 0 aliphatic heterocycles. The van der Waals surface area contributed by atoms with Gasteiger partial charge in [0.25, 0.3) is 5.91 Å². The number of hydrogen-bond donors (Lipinski definition) is 2. The molecule has 0 aliphatic rings. The number of carbonyl (C=O) groups is 1. The third kappa shape index (κ3) is 3.97. The van der Waals surface area contributed by atoms with Crippen LogP contribution in [0.25, 0.3) is 0 Å². The number of nitrogens with one attached hydrogen (secondary N) is 2. The summed E-state index contributed by atoms with van der Waals surface area (Å²) >= 11 is 0. The Bertz CT molecular complexity index is 923. The van der Waals surface area contributed by atoms with Gasteiger partial charge in [-0.25, -0.2) is 9.97 Å². The number of methoxy groups -OCH3 is 1. The van der Waals surface area contributed by atoms with Crippen molar-refractivity contribution in [3.8, 4) is 5.75 Å². The van der Waals surface area contributed by atoms with Gasteiger partial charge in [-0.15, -0.1) is 0 Å². The van der Waals surface area contributed by atoms with E-state index in [4.69, 9.17) is 4.74 Å². The summed E-state index contributed by atoms with van der Waals surface area (Å²) in [7, 11) is 1.60. The summed E-state index contributed by atoms with van der Waals surface area (Å²) in [4.78, 5) is 20.7. The van der Waals surface area contributed by atoms with Gasteiger partial charge in [0, 0.05) is 17.4 Å². The standard InChI is InChI=1S/C20H20N4O2/c1-13-5-4-6-17(14(13)2)24-19-11-18(21-12-22-19)20(25)23-15-7-9-16(26-3)10-8-15/h4-12H,1-3H3,(H,23,25)(H,21,22,24). The number of carbonyl (C=O) groups excluding carboxylic acids is 1. The summed E-state index contributed by atoms with van der Waals surface area (Å²) < 4.78 is 5.11. The lowest BCUT2D eigenvalue weighted by molar-refractivity contribution is 0.102. The molecule has 1 amide bonds. The number of aryl methyl sites for hydroxylation is 1. The van der Waals surface area contributed by atoms with E-state index in [1.165, 1.54) is 11.9 Å². The molecule has 3 rings (SSSR count). The number of nitrogens with zero attached hydrogens (tertiary/aromatic N) is 2. The molecule has 0 radical (unpaired) electrons. The molecule has 3 aromatic rings. The Kier molecular flexibility index (Phi) is 5.12. The van der Waals surface area contributed by atoms with Gasteiger partial charge in [-0.05, 0) is 55.3 Å². The van der Waals surface area contributed by atoms with Gasteiger partial charge >= 0.3 is 0 Å². The molecular formula is C20H20N4O2. The first kappa shape index (κ1) is 17.4. The highest BCUT2D eigenvalue weighted by Gasteiger charge is 2.10. The topological polar surface area (TPSA) is 76.1 Å². The van der Waals surface area contributed by atoms with Gasteiger partial charge in [-0.2, -0.15) is 0 Å². The predicted octanol–water partition coefficient (Wildman–Crippen LogP) is 4.10. The Hall–Kier alpha value is -3.41. The van der Waals surface area contributed by atoms with Crippen LogP contribution in [0.1, 0.15) is 21.6 Å². The van der Waals surface area contributed by atoms with E-state index in [0.717, 1.165) is 17.0 Å². The molecule has 0 saturated carbocycles. The van der Waals surface area contributed by atoms with Crippen LogP contribution in [0.2, 0.25) is 0 Å². The van der Waals surface area contributed by atoms with Gasteiger partial charge < -0.3 is 15.4 Å². The number of benzene rings is 2. The Balaban J connectivity index is 1.75. The lowest BCUT2D eigenvalue weighted by atomic mass is 10.1. The largest absolute Gasteiger partial charge is 0.497 e. The van der Waals surface area contributed by atoms with Gasteiger partial charge in [0.2, 0.25) is 0 Å². The molecule has 1 aromatic heterocycles. The zero-order chi connectivity index (χ0) is 18.5. The van der Waals surface area contributed by atoms with Crippen LogP contribution in [0, 0.1) is 13.8 Å². The second-order valence-corrected chi connectivity index (χ2v) is 5.84. The van der Waals surface area contributed by atoms with Crippen molar-refractivity contribution in [3.05, 3.63) is 71.7 Å². The Labute approximate surface area is 152 Å². The minimum atomic E-state index is -0.304. The van der Waals surface area contributed by atoms with E-state index in [2.05, 4.69) is 20.6 Å². The first-order chi connectivity index (χ1) is 12.6. The molecule has 132 valence electrons. The van der Waals surface area contributed by atoms with Gasteiger partial charge in [-0.3, -0.25) is 4.79 Å². The van der Waals surface area contributed by atoms with Crippen LogP contribution in [0.15, 0.2) is 54.9 Å². The van der Waals surface area contributed by atoms with Gasteiger partial charge in [0.05, 0.1) is 7.11 Å². The van der Waals surface area contributed by atoms with E-state index in [0.29, 0.717) is 11.5 Å². The van der Waals surface area contributed by atoms with Crippen LogP contribution < -0.4 is 15.4 Å². The van der Waals surface area contributed by atoms with Gasteiger partial charge in [0.15, 0.2) is 0 Å². The van der Waals surface area contributed by atoms with Crippen molar-refractivity contribution in [1.29, 1.82) is 0 Å². The van der Waals surface area contributed by atoms with Crippen LogP contribution in [0.5, 0.6) is 5.75 Å². The highest BCUT2D eigenvalue weighted by molar-refractivity contribution is 6.03. The molecule has 0 fully saturated rings. The van der Waals surface area contributed by atoms with Crippen LogP contribution in [-0.2, 0) is 0 Å². The lowest BCUT2D eigenvalue weighted by Crippen LogP contribution is -2.14. The summed E-state index contributed by atoms with van der Waals surface area (Å²) in [6.07, 6.45) is 1.37. The van der Waals surface area contributed by atoms with E-state index >= 15 is 0 Å². The maximum atomic E-state index is 12.4. The fraction of sp³-hybridized carbons (Fsp3) is 0.150. The molecule has 0 unspecified atom stereocenters. The molecule has 1 heterocycles. The zero-order valence-corrected chi connectivity index (χ0v) is 14.9. The van der Waals surface area contributed by atoms with E-state index < -0.39 is 0 Å². The Morgan fingerprint density at radius 2 is 1.81 bits per heavy atom. The Morgan fingerprint density at radius 1 is 1.04 bits per heavy atom. The molecule has 26 heavy (non-hydrogen) atoms. The summed E-state index contributed by atoms with van der Waals surface area (Å²) in [6, 6.07) is 14.7. The average molecular weight is 348 g/mol. The zero-order valence-electron chi connectivity index (χ0n) is 14.9. The molecule has 6 nitrogen and oxygen atoms in total. The SMILES string of the molecule is COc1ccc(NC(=O)c2cc(Nc3cccc(C)c3C)ncn2)cc1. The predicted molar refractivity (Wildman–Crippen MR) is 102 cm³/mol. The molecule has 6 heteroatoms. The summed E-state index contributed by atoms with van der Waals surface area (Å²) in [5.74, 6) is 0.986. The number of aromatic nitrogens is 2. The fourth-order valence-corrected chi connectivity index (χ4v) is 2.44. The highest BCUT2D eigenvalue weighted by atomic mass is 16.5. The molecule has 0 spiro atoms. The summed E-state index contributed by atoms with van der Waals surface area (Å²) in [6.45, 7) is 4.09. The van der Waals surface area contributed by atoms with Crippen molar-refractivity contribution >= 4 is 23.1 Å². The highest BCUT2D eigenvalue weighted by Crippen LogP contribution is 2.22. The second-order valence-electron chi connectivity index (χ2n) is 5.84.